The summed E-state index contributed by atoms with van der Waals surface area (Å²) in [7, 11) is 0. The first-order valence-corrected chi connectivity index (χ1v) is 12.3. The number of hydrogen-bond donors (Lipinski definition) is 2. The van der Waals surface area contributed by atoms with Gasteiger partial charge in [-0.2, -0.15) is 5.10 Å². The number of hydrazone groups is 1. The maximum absolute atomic E-state index is 12.7. The number of nitrogens with one attached hydrogen (secondary N) is 2. The van der Waals surface area contributed by atoms with Crippen LogP contribution in [0.25, 0.3) is 21.3 Å². The van der Waals surface area contributed by atoms with Gasteiger partial charge in [-0.25, -0.2) is 10.4 Å². The number of carbonyl (C=O) groups is 1. The number of aromatic amines is 1. The summed E-state index contributed by atoms with van der Waals surface area (Å²) < 4.78 is 0. The van der Waals surface area contributed by atoms with Crippen molar-refractivity contribution in [1.82, 2.24) is 15.4 Å². The molecule has 0 radical (unpaired) electrons. The van der Waals surface area contributed by atoms with Gasteiger partial charge in [0.05, 0.1) is 17.4 Å². The Morgan fingerprint density at radius 3 is 2.58 bits per heavy atom. The van der Waals surface area contributed by atoms with Crippen LogP contribution in [0.2, 0.25) is 0 Å². The number of hydrogen-bond acceptors (Lipinski definition) is 6. The van der Waals surface area contributed by atoms with Crippen molar-refractivity contribution in [1.29, 1.82) is 0 Å². The molecule has 0 aliphatic carbocycles. The Hall–Kier alpha value is -3.23. The molecule has 2 aromatic carbocycles. The van der Waals surface area contributed by atoms with Crippen LogP contribution in [-0.4, -0.2) is 27.8 Å². The lowest BCUT2D eigenvalue weighted by Gasteiger charge is -2.18. The first-order chi connectivity index (χ1) is 15.8. The summed E-state index contributed by atoms with van der Waals surface area (Å²) in [6, 6.07) is 17.8. The SMILES string of the molecule is CC(C)(C)c1ccc(/C=N/NC(=O)CSc2nc3scc(-c4ccccc4)c3c(=O)[nH]2)cc1. The van der Waals surface area contributed by atoms with E-state index >= 15 is 0 Å². The van der Waals surface area contributed by atoms with Crippen LogP contribution < -0.4 is 11.0 Å². The van der Waals surface area contributed by atoms with Gasteiger partial charge in [-0.1, -0.05) is 87.1 Å². The van der Waals surface area contributed by atoms with E-state index in [2.05, 4.69) is 53.4 Å². The van der Waals surface area contributed by atoms with Crippen LogP contribution in [0.3, 0.4) is 0 Å². The summed E-state index contributed by atoms with van der Waals surface area (Å²) in [5, 5.41) is 6.94. The third-order valence-corrected chi connectivity index (χ3v) is 6.77. The molecule has 0 bridgehead atoms. The molecule has 4 rings (SSSR count). The van der Waals surface area contributed by atoms with Crippen molar-refractivity contribution in [3.63, 3.8) is 0 Å². The van der Waals surface area contributed by atoms with Crippen LogP contribution in [0.15, 0.2) is 75.0 Å². The molecule has 0 saturated heterocycles. The van der Waals surface area contributed by atoms with Crippen LogP contribution in [-0.2, 0) is 10.2 Å². The summed E-state index contributed by atoms with van der Waals surface area (Å²) in [4.78, 5) is 32.8. The standard InChI is InChI=1S/C25H24N4O2S2/c1-25(2,3)18-11-9-16(10-12-18)13-26-29-20(30)15-33-24-27-22(31)21-19(14-32-23(21)28-24)17-7-5-4-6-8-17/h4-14H,15H2,1-3H3,(H,29,30)(H,27,28,31)/b26-13+. The van der Waals surface area contributed by atoms with Crippen LogP contribution in [0.4, 0.5) is 0 Å². The summed E-state index contributed by atoms with van der Waals surface area (Å²) in [5.41, 5.74) is 6.37. The van der Waals surface area contributed by atoms with E-state index in [1.807, 2.05) is 47.8 Å². The maximum atomic E-state index is 12.7. The highest BCUT2D eigenvalue weighted by Crippen LogP contribution is 2.31. The van der Waals surface area contributed by atoms with Crippen molar-refractivity contribution in [2.75, 3.05) is 5.75 Å². The van der Waals surface area contributed by atoms with Gasteiger partial charge in [-0.05, 0) is 22.1 Å². The molecule has 2 aromatic heterocycles. The third-order valence-electron chi connectivity index (χ3n) is 5.03. The Labute approximate surface area is 200 Å². The molecule has 0 aliphatic heterocycles. The van der Waals surface area contributed by atoms with Gasteiger partial charge in [-0.15, -0.1) is 11.3 Å². The predicted molar refractivity (Wildman–Crippen MR) is 137 cm³/mol. The molecule has 4 aromatic rings. The average Bonchev–Trinajstić information content (AvgIpc) is 3.23. The van der Waals surface area contributed by atoms with E-state index in [-0.39, 0.29) is 22.6 Å². The number of thiophene rings is 1. The Balaban J connectivity index is 1.37. The lowest BCUT2D eigenvalue weighted by atomic mass is 9.87. The van der Waals surface area contributed by atoms with Crippen LogP contribution in [0.5, 0.6) is 0 Å². The quantitative estimate of drug-likeness (QED) is 0.173. The molecule has 8 heteroatoms. The number of aromatic nitrogens is 2. The molecule has 0 spiro atoms. The van der Waals surface area contributed by atoms with Gasteiger partial charge in [0.1, 0.15) is 4.83 Å². The smallest absolute Gasteiger partial charge is 0.260 e. The molecule has 0 fully saturated rings. The van der Waals surface area contributed by atoms with Gasteiger partial charge in [0.25, 0.3) is 11.5 Å². The number of nitrogens with zero attached hydrogens (tertiary/aromatic N) is 2. The Bertz CT molecular complexity index is 1350. The van der Waals surface area contributed by atoms with E-state index in [4.69, 9.17) is 0 Å². The fourth-order valence-electron chi connectivity index (χ4n) is 3.24. The van der Waals surface area contributed by atoms with E-state index in [0.717, 1.165) is 16.7 Å². The predicted octanol–water partition coefficient (Wildman–Crippen LogP) is 5.19. The molecule has 2 heterocycles. The zero-order valence-electron chi connectivity index (χ0n) is 18.6. The van der Waals surface area contributed by atoms with Crippen LogP contribution in [0, 0.1) is 0 Å². The summed E-state index contributed by atoms with van der Waals surface area (Å²) in [5.74, 6) is -0.187. The maximum Gasteiger partial charge on any atom is 0.260 e. The van der Waals surface area contributed by atoms with Gasteiger partial charge in [0, 0.05) is 10.9 Å². The average molecular weight is 477 g/mol. The van der Waals surface area contributed by atoms with E-state index in [0.29, 0.717) is 15.4 Å². The second-order valence-corrected chi connectivity index (χ2v) is 10.3. The van der Waals surface area contributed by atoms with E-state index in [1.165, 1.54) is 28.7 Å². The topological polar surface area (TPSA) is 87.2 Å². The van der Waals surface area contributed by atoms with Crippen molar-refractivity contribution in [3.8, 4) is 11.1 Å². The highest BCUT2D eigenvalue weighted by molar-refractivity contribution is 7.99. The fourth-order valence-corrected chi connectivity index (χ4v) is 4.90. The molecule has 1 amide bonds. The van der Waals surface area contributed by atoms with Gasteiger partial charge in [0.15, 0.2) is 5.16 Å². The van der Waals surface area contributed by atoms with Crippen molar-refractivity contribution in [3.05, 3.63) is 81.5 Å². The number of carbonyl (C=O) groups excluding carboxylic acids is 1. The van der Waals surface area contributed by atoms with Crippen molar-refractivity contribution in [2.24, 2.45) is 5.10 Å². The molecule has 168 valence electrons. The van der Waals surface area contributed by atoms with Gasteiger partial charge in [0.2, 0.25) is 0 Å². The first kappa shape index (κ1) is 22.9. The second-order valence-electron chi connectivity index (χ2n) is 8.52. The normalized spacial score (nSPS) is 11.8. The largest absolute Gasteiger partial charge is 0.301 e. The van der Waals surface area contributed by atoms with Crippen molar-refractivity contribution >= 4 is 45.4 Å². The fraction of sp³-hybridized carbons (Fsp3) is 0.200. The van der Waals surface area contributed by atoms with Crippen molar-refractivity contribution in [2.45, 2.75) is 31.3 Å². The van der Waals surface area contributed by atoms with E-state index in [9.17, 15) is 9.59 Å². The number of amides is 1. The monoisotopic (exact) mass is 476 g/mol. The zero-order valence-corrected chi connectivity index (χ0v) is 20.2. The Morgan fingerprint density at radius 2 is 1.88 bits per heavy atom. The van der Waals surface area contributed by atoms with Crippen molar-refractivity contribution < 1.29 is 4.79 Å². The molecule has 0 unspecified atom stereocenters. The van der Waals surface area contributed by atoms with Gasteiger partial charge >= 0.3 is 0 Å². The molecular weight excluding hydrogens is 452 g/mol. The molecule has 2 N–H and O–H groups in total. The molecule has 6 nitrogen and oxygen atoms in total. The molecule has 0 aliphatic rings. The molecule has 0 saturated carbocycles. The number of H-pyrrole nitrogens is 1. The summed E-state index contributed by atoms with van der Waals surface area (Å²) >= 11 is 2.58. The molecule has 33 heavy (non-hydrogen) atoms. The summed E-state index contributed by atoms with van der Waals surface area (Å²) in [6.07, 6.45) is 1.61. The van der Waals surface area contributed by atoms with Crippen LogP contribution in [0.1, 0.15) is 31.9 Å². The first-order valence-electron chi connectivity index (χ1n) is 10.4. The number of benzene rings is 2. The second kappa shape index (κ2) is 9.72. The van der Waals surface area contributed by atoms with E-state index in [1.54, 1.807) is 6.21 Å². The Morgan fingerprint density at radius 1 is 1.15 bits per heavy atom. The van der Waals surface area contributed by atoms with Gasteiger partial charge in [-0.3, -0.25) is 9.59 Å². The number of thioether (sulfide) groups is 1. The number of fused-ring (bicyclic) bond motifs is 1. The molecule has 0 atom stereocenters. The van der Waals surface area contributed by atoms with Gasteiger partial charge < -0.3 is 4.98 Å². The highest BCUT2D eigenvalue weighted by atomic mass is 32.2. The molecular formula is C25H24N4O2S2. The minimum Gasteiger partial charge on any atom is -0.301 e. The minimum absolute atomic E-state index is 0.0887. The minimum atomic E-state index is -0.276. The third kappa shape index (κ3) is 5.58. The zero-order chi connectivity index (χ0) is 23.4. The van der Waals surface area contributed by atoms with E-state index < -0.39 is 0 Å². The number of rotatable bonds is 6. The summed E-state index contributed by atoms with van der Waals surface area (Å²) in [6.45, 7) is 6.48. The highest BCUT2D eigenvalue weighted by Gasteiger charge is 2.14. The van der Waals surface area contributed by atoms with Crippen LogP contribution >= 0.6 is 23.1 Å². The Kier molecular flexibility index (Phi) is 6.76. The lowest BCUT2D eigenvalue weighted by Crippen LogP contribution is -2.20. The lowest BCUT2D eigenvalue weighted by molar-refractivity contribution is -0.118.